The Morgan fingerprint density at radius 1 is 1.44 bits per heavy atom. The highest BCUT2D eigenvalue weighted by Gasteiger charge is 2.34. The molecule has 0 aliphatic carbocycles. The van der Waals surface area contributed by atoms with Crippen LogP contribution in [0.4, 0.5) is 13.2 Å². The number of rotatable bonds is 3. The molecule has 16 heavy (non-hydrogen) atoms. The number of pyridine rings is 1. The largest absolute Gasteiger partial charge is 0.574 e. The van der Waals surface area contributed by atoms with E-state index in [9.17, 15) is 13.2 Å². The van der Waals surface area contributed by atoms with Crippen LogP contribution in [0.25, 0.3) is 0 Å². The molecule has 90 valence electrons. The summed E-state index contributed by atoms with van der Waals surface area (Å²) in [5.74, 6) is -0.699. The van der Waals surface area contributed by atoms with Gasteiger partial charge in [0.25, 0.3) is 5.88 Å². The van der Waals surface area contributed by atoms with Crippen molar-refractivity contribution >= 4 is 11.6 Å². The average Bonchev–Trinajstić information content (AvgIpc) is 2.18. The van der Waals surface area contributed by atoms with Gasteiger partial charge in [0.2, 0.25) is 0 Å². The fraction of sp³-hybridized carbons (Fsp3) is 0.444. The van der Waals surface area contributed by atoms with E-state index in [2.05, 4.69) is 9.72 Å². The van der Waals surface area contributed by atoms with Crippen LogP contribution in [-0.4, -0.2) is 18.5 Å². The highest BCUT2D eigenvalue weighted by Crippen LogP contribution is 2.35. The van der Waals surface area contributed by atoms with Gasteiger partial charge in [-0.2, -0.15) is 0 Å². The van der Waals surface area contributed by atoms with Gasteiger partial charge in [-0.05, 0) is 12.5 Å². The number of methoxy groups -OCH3 is 1. The number of hydrogen-bond donors (Lipinski definition) is 0. The van der Waals surface area contributed by atoms with Crippen LogP contribution in [0, 0.1) is 6.92 Å². The van der Waals surface area contributed by atoms with E-state index in [-0.39, 0.29) is 11.6 Å². The van der Waals surface area contributed by atoms with Gasteiger partial charge in [0.1, 0.15) is 0 Å². The predicted molar refractivity (Wildman–Crippen MR) is 51.8 cm³/mol. The smallest absolute Gasteiger partial charge is 0.491 e. The van der Waals surface area contributed by atoms with E-state index in [1.807, 2.05) is 0 Å². The van der Waals surface area contributed by atoms with Crippen molar-refractivity contribution in [3.63, 3.8) is 0 Å². The second-order valence-corrected chi connectivity index (χ2v) is 3.21. The summed E-state index contributed by atoms with van der Waals surface area (Å²) in [7, 11) is 1.23. The second kappa shape index (κ2) is 4.78. The van der Waals surface area contributed by atoms with Gasteiger partial charge in [-0.1, -0.05) is 0 Å². The summed E-state index contributed by atoms with van der Waals surface area (Å²) in [6.07, 6.45) is -3.56. The molecule has 1 aromatic heterocycles. The van der Waals surface area contributed by atoms with Crippen LogP contribution in [0.1, 0.15) is 11.1 Å². The van der Waals surface area contributed by atoms with Gasteiger partial charge in [0.05, 0.1) is 13.0 Å². The zero-order valence-corrected chi connectivity index (χ0v) is 9.32. The molecule has 0 aliphatic heterocycles. The number of aromatic nitrogens is 1. The van der Waals surface area contributed by atoms with Crippen molar-refractivity contribution in [2.24, 2.45) is 0 Å². The lowest BCUT2D eigenvalue weighted by atomic mass is 10.1. The maximum absolute atomic E-state index is 12.0. The maximum atomic E-state index is 12.0. The molecule has 0 radical (unpaired) electrons. The van der Waals surface area contributed by atoms with E-state index in [0.717, 1.165) is 0 Å². The van der Waals surface area contributed by atoms with Crippen molar-refractivity contribution < 1.29 is 22.6 Å². The molecule has 0 unspecified atom stereocenters. The zero-order valence-electron chi connectivity index (χ0n) is 8.56. The van der Waals surface area contributed by atoms with Crippen molar-refractivity contribution in [2.45, 2.75) is 19.2 Å². The summed E-state index contributed by atoms with van der Waals surface area (Å²) in [5, 5.41) is 0. The van der Waals surface area contributed by atoms with E-state index >= 15 is 0 Å². The lowest BCUT2D eigenvalue weighted by molar-refractivity contribution is -0.276. The van der Waals surface area contributed by atoms with E-state index < -0.39 is 12.2 Å². The molecule has 0 fully saturated rings. The summed E-state index contributed by atoms with van der Waals surface area (Å²) in [6.45, 7) is 1.67. The normalized spacial score (nSPS) is 11.4. The molecular formula is C9H9ClF3NO2. The number of halogens is 4. The topological polar surface area (TPSA) is 31.4 Å². The zero-order chi connectivity index (χ0) is 12.3. The Morgan fingerprint density at radius 3 is 2.50 bits per heavy atom. The summed E-state index contributed by atoms with van der Waals surface area (Å²) in [5.41, 5.74) is 1.07. The number of aryl methyl sites for hydroxylation is 1. The fourth-order valence-electron chi connectivity index (χ4n) is 1.16. The van der Waals surface area contributed by atoms with Crippen molar-refractivity contribution in [2.75, 3.05) is 7.11 Å². The van der Waals surface area contributed by atoms with Crippen LogP contribution >= 0.6 is 11.6 Å². The van der Waals surface area contributed by atoms with Crippen LogP contribution in [0.3, 0.4) is 0 Å². The molecule has 0 N–H and O–H groups in total. The molecule has 1 rings (SSSR count). The minimum absolute atomic E-state index is 0.0196. The Morgan fingerprint density at radius 2 is 2.06 bits per heavy atom. The molecule has 0 aromatic carbocycles. The van der Waals surface area contributed by atoms with Gasteiger partial charge in [0.15, 0.2) is 5.75 Å². The van der Waals surface area contributed by atoms with E-state index in [4.69, 9.17) is 16.3 Å². The Balaban J connectivity index is 3.19. The van der Waals surface area contributed by atoms with Crippen molar-refractivity contribution in [1.82, 2.24) is 4.98 Å². The standard InChI is InChI=1S/C9H9ClF3NO2/c1-5-4-14-8(16-9(11,12)13)7(15-2)6(5)3-10/h4H,3H2,1-2H3. The highest BCUT2D eigenvalue weighted by molar-refractivity contribution is 6.17. The summed E-state index contributed by atoms with van der Waals surface area (Å²) < 4.78 is 44.7. The molecule has 0 aliphatic rings. The Hall–Kier alpha value is -1.17. The molecule has 7 heteroatoms. The third-order valence-electron chi connectivity index (χ3n) is 1.87. The summed E-state index contributed by atoms with van der Waals surface area (Å²) in [4.78, 5) is 3.52. The molecule has 3 nitrogen and oxygen atoms in total. The first kappa shape index (κ1) is 12.9. The lowest BCUT2D eigenvalue weighted by Gasteiger charge is -2.14. The molecule has 0 saturated heterocycles. The van der Waals surface area contributed by atoms with Crippen LogP contribution in [-0.2, 0) is 5.88 Å². The van der Waals surface area contributed by atoms with Crippen molar-refractivity contribution in [3.8, 4) is 11.6 Å². The lowest BCUT2D eigenvalue weighted by Crippen LogP contribution is -2.19. The van der Waals surface area contributed by atoms with Gasteiger partial charge >= 0.3 is 6.36 Å². The summed E-state index contributed by atoms with van der Waals surface area (Å²) in [6, 6.07) is 0. The number of nitrogens with zero attached hydrogens (tertiary/aromatic N) is 1. The molecule has 0 atom stereocenters. The third-order valence-corrected chi connectivity index (χ3v) is 2.14. The number of alkyl halides is 4. The SMILES string of the molecule is COc1c(OC(F)(F)F)ncc(C)c1CCl. The highest BCUT2D eigenvalue weighted by atomic mass is 35.5. The quantitative estimate of drug-likeness (QED) is 0.778. The Labute approximate surface area is 95.1 Å². The minimum Gasteiger partial charge on any atom is -0.491 e. The van der Waals surface area contributed by atoms with Crippen LogP contribution < -0.4 is 9.47 Å². The Kier molecular flexibility index (Phi) is 3.85. The first-order chi connectivity index (χ1) is 7.39. The molecule has 0 bridgehead atoms. The second-order valence-electron chi connectivity index (χ2n) is 2.94. The molecule has 1 aromatic rings. The third kappa shape index (κ3) is 2.91. The van der Waals surface area contributed by atoms with Gasteiger partial charge in [0, 0.05) is 11.8 Å². The number of hydrogen-bond acceptors (Lipinski definition) is 3. The van der Waals surface area contributed by atoms with Crippen LogP contribution in [0.5, 0.6) is 11.6 Å². The monoisotopic (exact) mass is 255 g/mol. The minimum atomic E-state index is -4.81. The van der Waals surface area contributed by atoms with E-state index in [1.54, 1.807) is 6.92 Å². The molecule has 0 spiro atoms. The fourth-order valence-corrected chi connectivity index (χ4v) is 1.49. The molecule has 0 amide bonds. The number of ether oxygens (including phenoxy) is 2. The van der Waals surface area contributed by atoms with E-state index in [1.165, 1.54) is 13.3 Å². The van der Waals surface area contributed by atoms with Gasteiger partial charge in [-0.15, -0.1) is 24.8 Å². The maximum Gasteiger partial charge on any atom is 0.574 e. The van der Waals surface area contributed by atoms with Crippen LogP contribution in [0.2, 0.25) is 0 Å². The first-order valence-electron chi connectivity index (χ1n) is 4.23. The van der Waals surface area contributed by atoms with E-state index in [0.29, 0.717) is 11.1 Å². The first-order valence-corrected chi connectivity index (χ1v) is 4.76. The molecule has 0 saturated carbocycles. The predicted octanol–water partition coefficient (Wildman–Crippen LogP) is 3.04. The van der Waals surface area contributed by atoms with Crippen LogP contribution in [0.15, 0.2) is 6.20 Å². The van der Waals surface area contributed by atoms with Gasteiger partial charge in [-0.3, -0.25) is 0 Å². The van der Waals surface area contributed by atoms with Crippen molar-refractivity contribution in [1.29, 1.82) is 0 Å². The van der Waals surface area contributed by atoms with Crippen molar-refractivity contribution in [3.05, 3.63) is 17.3 Å². The van der Waals surface area contributed by atoms with Gasteiger partial charge < -0.3 is 9.47 Å². The molecular weight excluding hydrogens is 247 g/mol. The Bertz CT molecular complexity index is 382. The average molecular weight is 256 g/mol. The summed E-state index contributed by atoms with van der Waals surface area (Å²) >= 11 is 5.61. The van der Waals surface area contributed by atoms with Gasteiger partial charge in [-0.25, -0.2) is 4.98 Å². The molecule has 1 heterocycles.